The number of benzene rings is 1. The van der Waals surface area contributed by atoms with E-state index in [1.165, 1.54) is 0 Å². The fourth-order valence-corrected chi connectivity index (χ4v) is 3.85. The van der Waals surface area contributed by atoms with E-state index in [2.05, 4.69) is 26.0 Å². The fraction of sp³-hybridized carbons (Fsp3) is 0.571. The van der Waals surface area contributed by atoms with Crippen LogP contribution in [0.1, 0.15) is 37.8 Å². The summed E-state index contributed by atoms with van der Waals surface area (Å²) in [5, 5.41) is 3.21. The molecule has 0 aliphatic rings. The summed E-state index contributed by atoms with van der Waals surface area (Å²) in [7, 11) is -3.44. The maximum atomic E-state index is 12.4. The molecule has 0 amide bonds. The predicted octanol–water partition coefficient (Wildman–Crippen LogP) is 2.95. The first kappa shape index (κ1) is 17.6. The van der Waals surface area contributed by atoms with Crippen LogP contribution in [0.2, 0.25) is 0 Å². The highest BCUT2D eigenvalue weighted by molar-refractivity contribution is 9.10. The molecule has 0 heterocycles. The van der Waals surface area contributed by atoms with Gasteiger partial charge in [-0.3, -0.25) is 0 Å². The van der Waals surface area contributed by atoms with Gasteiger partial charge >= 0.3 is 0 Å². The first-order chi connectivity index (χ1) is 9.42. The van der Waals surface area contributed by atoms with Crippen LogP contribution in [0.5, 0.6) is 0 Å². The Labute approximate surface area is 130 Å². The van der Waals surface area contributed by atoms with Crippen molar-refractivity contribution in [2.75, 3.05) is 13.1 Å². The molecule has 1 aromatic carbocycles. The first-order valence-corrected chi connectivity index (χ1v) is 9.19. The van der Waals surface area contributed by atoms with Crippen molar-refractivity contribution in [3.8, 4) is 0 Å². The van der Waals surface area contributed by atoms with Crippen molar-refractivity contribution in [3.05, 3.63) is 27.7 Å². The number of nitrogens with one attached hydrogen (secondary N) is 2. The van der Waals surface area contributed by atoms with Gasteiger partial charge in [0.25, 0.3) is 0 Å². The van der Waals surface area contributed by atoms with Crippen LogP contribution in [-0.2, 0) is 16.6 Å². The summed E-state index contributed by atoms with van der Waals surface area (Å²) in [6, 6.07) is 3.71. The summed E-state index contributed by atoms with van der Waals surface area (Å²) < 4.78 is 28.2. The van der Waals surface area contributed by atoms with Crippen LogP contribution in [-0.4, -0.2) is 21.5 Å². The number of hydrogen-bond acceptors (Lipinski definition) is 3. The third-order valence-electron chi connectivity index (χ3n) is 3.05. The molecule has 0 unspecified atom stereocenters. The Hall–Kier alpha value is -0.430. The van der Waals surface area contributed by atoms with Gasteiger partial charge in [-0.15, -0.1) is 0 Å². The molecular weight excluding hydrogens is 340 g/mol. The lowest BCUT2D eigenvalue weighted by molar-refractivity contribution is 0.577. The number of rotatable bonds is 8. The molecule has 0 aliphatic heterocycles. The quantitative estimate of drug-likeness (QED) is 0.699. The highest BCUT2D eigenvalue weighted by atomic mass is 79.9. The number of hydrogen-bond donors (Lipinski definition) is 2. The van der Waals surface area contributed by atoms with Gasteiger partial charge in [0.1, 0.15) is 0 Å². The van der Waals surface area contributed by atoms with E-state index in [4.69, 9.17) is 0 Å². The van der Waals surface area contributed by atoms with Gasteiger partial charge in [0, 0.05) is 17.6 Å². The third kappa shape index (κ3) is 4.84. The van der Waals surface area contributed by atoms with Crippen LogP contribution >= 0.6 is 15.9 Å². The van der Waals surface area contributed by atoms with Gasteiger partial charge < -0.3 is 5.32 Å². The van der Waals surface area contributed by atoms with Crippen LogP contribution in [0.15, 0.2) is 21.5 Å². The maximum Gasteiger partial charge on any atom is 0.240 e. The Morgan fingerprint density at radius 3 is 2.55 bits per heavy atom. The monoisotopic (exact) mass is 362 g/mol. The highest BCUT2D eigenvalue weighted by Gasteiger charge is 2.18. The average Bonchev–Trinajstić information content (AvgIpc) is 2.39. The Morgan fingerprint density at radius 1 is 1.25 bits per heavy atom. The summed E-state index contributed by atoms with van der Waals surface area (Å²) in [5.41, 5.74) is 1.70. The number of sulfonamides is 1. The minimum atomic E-state index is -3.44. The smallest absolute Gasteiger partial charge is 0.240 e. The van der Waals surface area contributed by atoms with Gasteiger partial charge in [0.05, 0.1) is 4.90 Å². The standard InChI is InChI=1S/C14H23BrN2O2S/c1-4-6-7-17-20(18,19)14-9-12(10-16-5-2)8-13(15)11(14)3/h8-9,16-17H,4-7,10H2,1-3H3. The van der Waals surface area contributed by atoms with E-state index >= 15 is 0 Å². The molecule has 0 bridgehead atoms. The lowest BCUT2D eigenvalue weighted by atomic mass is 10.1. The van der Waals surface area contributed by atoms with Gasteiger partial charge in [0.2, 0.25) is 10.0 Å². The van der Waals surface area contributed by atoms with E-state index in [-0.39, 0.29) is 0 Å². The zero-order valence-corrected chi connectivity index (χ0v) is 14.7. The maximum absolute atomic E-state index is 12.4. The van der Waals surface area contributed by atoms with Crippen molar-refractivity contribution in [2.24, 2.45) is 0 Å². The summed E-state index contributed by atoms with van der Waals surface area (Å²) >= 11 is 3.44. The zero-order chi connectivity index (χ0) is 15.2. The van der Waals surface area contributed by atoms with Gasteiger partial charge in [-0.2, -0.15) is 0 Å². The van der Waals surface area contributed by atoms with Crippen molar-refractivity contribution >= 4 is 26.0 Å². The lowest BCUT2D eigenvalue weighted by Gasteiger charge is -2.13. The Bertz CT molecular complexity index is 544. The molecule has 0 fully saturated rings. The van der Waals surface area contributed by atoms with E-state index in [1.807, 2.05) is 26.8 Å². The zero-order valence-electron chi connectivity index (χ0n) is 12.3. The molecule has 114 valence electrons. The molecule has 0 atom stereocenters. The van der Waals surface area contributed by atoms with Crippen molar-refractivity contribution in [2.45, 2.75) is 45.1 Å². The van der Waals surface area contributed by atoms with E-state index in [0.717, 1.165) is 35.0 Å². The second kappa shape index (κ2) is 8.12. The molecule has 2 N–H and O–H groups in total. The second-order valence-electron chi connectivity index (χ2n) is 4.73. The summed E-state index contributed by atoms with van der Waals surface area (Å²) in [6.45, 7) is 7.86. The summed E-state index contributed by atoms with van der Waals surface area (Å²) in [5.74, 6) is 0. The van der Waals surface area contributed by atoms with Crippen LogP contribution in [0, 0.1) is 6.92 Å². The molecule has 6 heteroatoms. The van der Waals surface area contributed by atoms with Crippen molar-refractivity contribution < 1.29 is 8.42 Å². The van der Waals surface area contributed by atoms with Crippen LogP contribution in [0.25, 0.3) is 0 Å². The van der Waals surface area contributed by atoms with Gasteiger partial charge in [-0.1, -0.05) is 36.2 Å². The largest absolute Gasteiger partial charge is 0.313 e. The Morgan fingerprint density at radius 2 is 1.95 bits per heavy atom. The van der Waals surface area contributed by atoms with E-state index < -0.39 is 10.0 Å². The van der Waals surface area contributed by atoms with E-state index in [0.29, 0.717) is 18.0 Å². The van der Waals surface area contributed by atoms with Crippen molar-refractivity contribution in [1.29, 1.82) is 0 Å². The Balaban J connectivity index is 3.05. The van der Waals surface area contributed by atoms with E-state index in [1.54, 1.807) is 6.07 Å². The SMILES string of the molecule is CCCCNS(=O)(=O)c1cc(CNCC)cc(Br)c1C. The highest BCUT2D eigenvalue weighted by Crippen LogP contribution is 2.25. The van der Waals surface area contributed by atoms with Gasteiger partial charge in [-0.25, -0.2) is 13.1 Å². The molecule has 1 rings (SSSR count). The summed E-state index contributed by atoms with van der Waals surface area (Å²) in [6.07, 6.45) is 1.81. The molecular formula is C14H23BrN2O2S. The normalized spacial score (nSPS) is 11.8. The first-order valence-electron chi connectivity index (χ1n) is 6.91. The topological polar surface area (TPSA) is 58.2 Å². The number of unbranched alkanes of at least 4 members (excludes halogenated alkanes) is 1. The molecule has 0 aromatic heterocycles. The third-order valence-corrected chi connectivity index (χ3v) is 5.46. The molecule has 0 saturated carbocycles. The molecule has 0 aliphatic carbocycles. The van der Waals surface area contributed by atoms with Crippen LogP contribution in [0.4, 0.5) is 0 Å². The minimum absolute atomic E-state index is 0.357. The van der Waals surface area contributed by atoms with E-state index in [9.17, 15) is 8.42 Å². The fourth-order valence-electron chi connectivity index (χ4n) is 1.82. The van der Waals surface area contributed by atoms with Crippen molar-refractivity contribution in [3.63, 3.8) is 0 Å². The molecule has 0 spiro atoms. The minimum Gasteiger partial charge on any atom is -0.313 e. The molecule has 4 nitrogen and oxygen atoms in total. The molecule has 20 heavy (non-hydrogen) atoms. The lowest BCUT2D eigenvalue weighted by Crippen LogP contribution is -2.26. The average molecular weight is 363 g/mol. The Kier molecular flexibility index (Phi) is 7.15. The summed E-state index contributed by atoms with van der Waals surface area (Å²) in [4.78, 5) is 0.357. The van der Waals surface area contributed by atoms with Crippen LogP contribution in [0.3, 0.4) is 0 Å². The van der Waals surface area contributed by atoms with Gasteiger partial charge in [-0.05, 0) is 43.1 Å². The van der Waals surface area contributed by atoms with Gasteiger partial charge in [0.15, 0.2) is 0 Å². The molecule has 1 aromatic rings. The second-order valence-corrected chi connectivity index (χ2v) is 7.32. The van der Waals surface area contributed by atoms with Crippen molar-refractivity contribution in [1.82, 2.24) is 10.0 Å². The molecule has 0 radical (unpaired) electrons. The number of halogens is 1. The predicted molar refractivity (Wildman–Crippen MR) is 86.4 cm³/mol. The van der Waals surface area contributed by atoms with Crippen LogP contribution < -0.4 is 10.0 Å². The molecule has 0 saturated heterocycles.